The molecule has 0 bridgehead atoms. The molecule has 4 rings (SSSR count). The van der Waals surface area contributed by atoms with Gasteiger partial charge in [0.05, 0.1) is 12.1 Å². The highest BCUT2D eigenvalue weighted by atomic mass is 19.1. The van der Waals surface area contributed by atoms with Gasteiger partial charge in [0, 0.05) is 25.2 Å². The van der Waals surface area contributed by atoms with E-state index in [-0.39, 0.29) is 17.9 Å². The second-order valence-corrected chi connectivity index (χ2v) is 8.62. The predicted octanol–water partition coefficient (Wildman–Crippen LogP) is 3.44. The molecule has 5 nitrogen and oxygen atoms in total. The van der Waals surface area contributed by atoms with Gasteiger partial charge in [-0.25, -0.2) is 9.18 Å². The van der Waals surface area contributed by atoms with Gasteiger partial charge < -0.3 is 15.3 Å². The summed E-state index contributed by atoms with van der Waals surface area (Å²) in [6.45, 7) is 2.13. The Kier molecular flexibility index (Phi) is 6.16. The van der Waals surface area contributed by atoms with Gasteiger partial charge in [-0.2, -0.15) is 0 Å². The minimum atomic E-state index is -0.536. The fourth-order valence-electron chi connectivity index (χ4n) is 5.32. The molecule has 2 aliphatic heterocycles. The van der Waals surface area contributed by atoms with Crippen LogP contribution in [0.2, 0.25) is 0 Å². The SMILES string of the molecule is O=C(NCC1CCCN1C1CCCCC1)N1CC(O)CC1c1ccc(F)cc1. The lowest BCUT2D eigenvalue weighted by Crippen LogP contribution is -2.48. The van der Waals surface area contributed by atoms with E-state index in [1.807, 2.05) is 0 Å². The van der Waals surface area contributed by atoms with Crippen LogP contribution in [0.4, 0.5) is 9.18 Å². The van der Waals surface area contributed by atoms with Crippen molar-refractivity contribution < 1.29 is 14.3 Å². The van der Waals surface area contributed by atoms with Crippen molar-refractivity contribution in [3.8, 4) is 0 Å². The smallest absolute Gasteiger partial charge is 0.318 e. The van der Waals surface area contributed by atoms with Crippen LogP contribution >= 0.6 is 0 Å². The van der Waals surface area contributed by atoms with Crippen LogP contribution < -0.4 is 5.32 Å². The van der Waals surface area contributed by atoms with Crippen molar-refractivity contribution in [2.45, 2.75) is 75.6 Å². The minimum Gasteiger partial charge on any atom is -0.391 e. The predicted molar refractivity (Wildman–Crippen MR) is 106 cm³/mol. The average molecular weight is 390 g/mol. The fourth-order valence-corrected chi connectivity index (χ4v) is 5.32. The van der Waals surface area contributed by atoms with E-state index in [1.165, 1.54) is 50.7 Å². The van der Waals surface area contributed by atoms with Gasteiger partial charge in [-0.15, -0.1) is 0 Å². The van der Waals surface area contributed by atoms with E-state index in [0.29, 0.717) is 31.6 Å². The summed E-state index contributed by atoms with van der Waals surface area (Å²) in [5, 5.41) is 13.3. The number of rotatable bonds is 4. The number of urea groups is 1. The summed E-state index contributed by atoms with van der Waals surface area (Å²) in [6.07, 6.45) is 8.88. The Bertz CT molecular complexity index is 662. The van der Waals surface area contributed by atoms with Gasteiger partial charge in [-0.3, -0.25) is 4.90 Å². The molecule has 1 saturated carbocycles. The molecule has 2 saturated heterocycles. The molecular weight excluding hydrogens is 357 g/mol. The molecule has 2 amide bonds. The number of aliphatic hydroxyl groups is 1. The number of β-amino-alcohol motifs (C(OH)–C–C–N with tert-alkyl or cyclic N) is 1. The average Bonchev–Trinajstić information content (AvgIpc) is 3.34. The maximum atomic E-state index is 13.2. The monoisotopic (exact) mass is 389 g/mol. The molecule has 3 fully saturated rings. The number of carbonyl (C=O) groups excluding carboxylic acids is 1. The van der Waals surface area contributed by atoms with Crippen molar-refractivity contribution in [1.82, 2.24) is 15.1 Å². The number of hydrogen-bond donors (Lipinski definition) is 2. The maximum Gasteiger partial charge on any atom is 0.318 e. The maximum absolute atomic E-state index is 13.2. The van der Waals surface area contributed by atoms with Crippen molar-refractivity contribution in [2.75, 3.05) is 19.6 Å². The first-order valence-electron chi connectivity index (χ1n) is 10.9. The zero-order valence-electron chi connectivity index (χ0n) is 16.5. The molecule has 2 heterocycles. The molecular formula is C22H32FN3O2. The molecule has 1 aliphatic carbocycles. The lowest BCUT2D eigenvalue weighted by Gasteiger charge is -2.36. The summed E-state index contributed by atoms with van der Waals surface area (Å²) < 4.78 is 13.2. The van der Waals surface area contributed by atoms with Gasteiger partial charge in [-0.1, -0.05) is 31.4 Å². The van der Waals surface area contributed by atoms with E-state index in [9.17, 15) is 14.3 Å². The summed E-state index contributed by atoms with van der Waals surface area (Å²) in [6, 6.07) is 7.02. The van der Waals surface area contributed by atoms with Gasteiger partial charge in [0.2, 0.25) is 0 Å². The summed E-state index contributed by atoms with van der Waals surface area (Å²) in [7, 11) is 0. The highest BCUT2D eigenvalue weighted by Gasteiger charge is 2.36. The van der Waals surface area contributed by atoms with Crippen molar-refractivity contribution >= 4 is 6.03 Å². The summed E-state index contributed by atoms with van der Waals surface area (Å²) >= 11 is 0. The van der Waals surface area contributed by atoms with E-state index in [0.717, 1.165) is 18.5 Å². The van der Waals surface area contributed by atoms with Crippen LogP contribution in [0.3, 0.4) is 0 Å². The number of nitrogens with one attached hydrogen (secondary N) is 1. The second-order valence-electron chi connectivity index (χ2n) is 8.62. The summed E-state index contributed by atoms with van der Waals surface area (Å²) in [5.74, 6) is -0.290. The van der Waals surface area contributed by atoms with E-state index < -0.39 is 6.10 Å². The highest BCUT2D eigenvalue weighted by Crippen LogP contribution is 2.33. The highest BCUT2D eigenvalue weighted by molar-refractivity contribution is 5.75. The minimum absolute atomic E-state index is 0.124. The molecule has 28 heavy (non-hydrogen) atoms. The van der Waals surface area contributed by atoms with E-state index in [4.69, 9.17) is 0 Å². The standard InChI is InChI=1S/C22H32FN3O2/c23-17-10-8-16(9-11-17)21-13-20(27)15-26(21)22(28)24-14-19-7-4-12-25(19)18-5-2-1-3-6-18/h8-11,18-21,27H,1-7,12-15H2,(H,24,28). The Morgan fingerprint density at radius 3 is 2.61 bits per heavy atom. The first-order valence-corrected chi connectivity index (χ1v) is 10.9. The van der Waals surface area contributed by atoms with Crippen LogP contribution in [0, 0.1) is 5.82 Å². The van der Waals surface area contributed by atoms with Gasteiger partial charge in [-0.05, 0) is 56.3 Å². The number of nitrogens with zero attached hydrogens (tertiary/aromatic N) is 2. The first-order chi connectivity index (χ1) is 13.6. The van der Waals surface area contributed by atoms with Crippen LogP contribution in [0.25, 0.3) is 0 Å². The van der Waals surface area contributed by atoms with Crippen LogP contribution in [0.5, 0.6) is 0 Å². The van der Waals surface area contributed by atoms with Crippen LogP contribution in [0.15, 0.2) is 24.3 Å². The number of halogens is 1. The number of benzene rings is 1. The van der Waals surface area contributed by atoms with E-state index in [2.05, 4.69) is 10.2 Å². The molecule has 1 aromatic carbocycles. The van der Waals surface area contributed by atoms with Crippen LogP contribution in [0.1, 0.15) is 63.0 Å². The molecule has 0 spiro atoms. The third kappa shape index (κ3) is 4.33. The van der Waals surface area contributed by atoms with Gasteiger partial charge in [0.15, 0.2) is 0 Å². The lowest BCUT2D eigenvalue weighted by molar-refractivity contribution is 0.136. The molecule has 2 N–H and O–H groups in total. The fraction of sp³-hybridized carbons (Fsp3) is 0.682. The zero-order chi connectivity index (χ0) is 19.5. The molecule has 154 valence electrons. The number of likely N-dealkylation sites (tertiary alicyclic amines) is 2. The van der Waals surface area contributed by atoms with Gasteiger partial charge in [0.25, 0.3) is 0 Å². The Hall–Kier alpha value is -1.66. The third-order valence-corrected chi connectivity index (χ3v) is 6.75. The number of hydrogen-bond acceptors (Lipinski definition) is 3. The largest absolute Gasteiger partial charge is 0.391 e. The molecule has 0 aromatic heterocycles. The zero-order valence-corrected chi connectivity index (χ0v) is 16.5. The first kappa shape index (κ1) is 19.6. The van der Waals surface area contributed by atoms with Gasteiger partial charge >= 0.3 is 6.03 Å². The quantitative estimate of drug-likeness (QED) is 0.829. The number of carbonyl (C=O) groups is 1. The Morgan fingerprint density at radius 1 is 1.11 bits per heavy atom. The molecule has 0 radical (unpaired) electrons. The molecule has 3 aliphatic rings. The lowest BCUT2D eigenvalue weighted by atomic mass is 9.94. The van der Waals surface area contributed by atoms with Gasteiger partial charge in [0.1, 0.15) is 5.82 Å². The Balaban J connectivity index is 1.36. The summed E-state index contributed by atoms with van der Waals surface area (Å²) in [5.41, 5.74) is 0.873. The Labute approximate surface area is 166 Å². The Morgan fingerprint density at radius 2 is 1.86 bits per heavy atom. The van der Waals surface area contributed by atoms with E-state index >= 15 is 0 Å². The summed E-state index contributed by atoms with van der Waals surface area (Å²) in [4.78, 5) is 17.2. The second kappa shape index (κ2) is 8.78. The molecule has 3 atom stereocenters. The third-order valence-electron chi connectivity index (χ3n) is 6.75. The van der Waals surface area contributed by atoms with Crippen molar-refractivity contribution in [2.24, 2.45) is 0 Å². The molecule has 6 heteroatoms. The number of amides is 2. The molecule has 3 unspecified atom stereocenters. The van der Waals surface area contributed by atoms with Crippen molar-refractivity contribution in [3.63, 3.8) is 0 Å². The normalized spacial score (nSPS) is 29.4. The van der Waals surface area contributed by atoms with Crippen molar-refractivity contribution in [1.29, 1.82) is 0 Å². The van der Waals surface area contributed by atoms with Crippen LogP contribution in [-0.4, -0.2) is 58.8 Å². The topological polar surface area (TPSA) is 55.8 Å². The molecule has 1 aromatic rings. The van der Waals surface area contributed by atoms with Crippen LogP contribution in [-0.2, 0) is 0 Å². The number of aliphatic hydroxyl groups excluding tert-OH is 1. The van der Waals surface area contributed by atoms with E-state index in [1.54, 1.807) is 17.0 Å². The van der Waals surface area contributed by atoms with Crippen molar-refractivity contribution in [3.05, 3.63) is 35.6 Å².